The lowest BCUT2D eigenvalue weighted by Gasteiger charge is -2.33. The SMILES string of the molecule is Cc1ccc(C(CNCc2cc(Cl)c3c(c2)OCCO3)N2CCOCC2)o1. The molecule has 1 unspecified atom stereocenters. The van der Waals surface area contributed by atoms with Crippen LogP contribution in [0.1, 0.15) is 23.1 Å². The molecule has 2 aliphatic rings. The Labute approximate surface area is 164 Å². The molecule has 3 heterocycles. The standard InChI is InChI=1S/C20H25ClN2O4/c1-14-2-3-18(27-14)17(23-4-6-24-7-5-23)13-22-12-15-10-16(21)20-19(11-15)25-8-9-26-20/h2-3,10-11,17,22H,4-9,12-13H2,1H3. The molecule has 0 spiro atoms. The summed E-state index contributed by atoms with van der Waals surface area (Å²) in [6.45, 7) is 7.86. The number of rotatable bonds is 6. The van der Waals surface area contributed by atoms with Crippen LogP contribution in [0, 0.1) is 6.92 Å². The van der Waals surface area contributed by atoms with E-state index >= 15 is 0 Å². The van der Waals surface area contributed by atoms with Gasteiger partial charge in [-0.15, -0.1) is 0 Å². The van der Waals surface area contributed by atoms with E-state index in [0.29, 0.717) is 30.5 Å². The molecule has 1 atom stereocenters. The van der Waals surface area contributed by atoms with E-state index in [0.717, 1.165) is 55.7 Å². The van der Waals surface area contributed by atoms with Crippen LogP contribution in [0.15, 0.2) is 28.7 Å². The van der Waals surface area contributed by atoms with E-state index in [4.69, 9.17) is 30.2 Å². The number of benzene rings is 1. The normalized spacial score (nSPS) is 18.4. The zero-order valence-corrected chi connectivity index (χ0v) is 16.3. The number of ether oxygens (including phenoxy) is 3. The highest BCUT2D eigenvalue weighted by Crippen LogP contribution is 2.38. The third kappa shape index (κ3) is 4.41. The van der Waals surface area contributed by atoms with Crippen molar-refractivity contribution in [3.05, 3.63) is 46.4 Å². The number of nitrogens with one attached hydrogen (secondary N) is 1. The zero-order valence-electron chi connectivity index (χ0n) is 15.5. The summed E-state index contributed by atoms with van der Waals surface area (Å²) in [5.74, 6) is 3.28. The fourth-order valence-corrected chi connectivity index (χ4v) is 3.84. The van der Waals surface area contributed by atoms with Crippen molar-refractivity contribution >= 4 is 11.6 Å². The Morgan fingerprint density at radius 2 is 1.93 bits per heavy atom. The number of hydrogen-bond donors (Lipinski definition) is 1. The van der Waals surface area contributed by atoms with Gasteiger partial charge in [-0.3, -0.25) is 4.90 Å². The van der Waals surface area contributed by atoms with Crippen LogP contribution in [0.4, 0.5) is 0 Å². The van der Waals surface area contributed by atoms with Gasteiger partial charge < -0.3 is 23.9 Å². The summed E-state index contributed by atoms with van der Waals surface area (Å²) in [5, 5.41) is 4.14. The van der Waals surface area contributed by atoms with Crippen molar-refractivity contribution in [2.24, 2.45) is 0 Å². The first-order chi connectivity index (χ1) is 13.2. The maximum Gasteiger partial charge on any atom is 0.179 e. The minimum Gasteiger partial charge on any atom is -0.486 e. The summed E-state index contributed by atoms with van der Waals surface area (Å²) in [7, 11) is 0. The molecule has 1 fully saturated rings. The first kappa shape index (κ1) is 18.6. The van der Waals surface area contributed by atoms with Crippen molar-refractivity contribution in [1.29, 1.82) is 0 Å². The highest BCUT2D eigenvalue weighted by atomic mass is 35.5. The van der Waals surface area contributed by atoms with Gasteiger partial charge >= 0.3 is 0 Å². The molecule has 0 bridgehead atoms. The van der Waals surface area contributed by atoms with Gasteiger partial charge in [0, 0.05) is 26.2 Å². The van der Waals surface area contributed by atoms with E-state index in [1.54, 1.807) is 0 Å². The van der Waals surface area contributed by atoms with Gasteiger partial charge in [-0.05, 0) is 36.8 Å². The summed E-state index contributed by atoms with van der Waals surface area (Å²) in [4.78, 5) is 2.41. The number of nitrogens with zero attached hydrogens (tertiary/aromatic N) is 1. The van der Waals surface area contributed by atoms with Crippen molar-refractivity contribution in [1.82, 2.24) is 10.2 Å². The first-order valence-corrected chi connectivity index (χ1v) is 9.75. The van der Waals surface area contributed by atoms with E-state index in [2.05, 4.69) is 16.3 Å². The smallest absolute Gasteiger partial charge is 0.179 e. The maximum atomic E-state index is 6.34. The van der Waals surface area contributed by atoms with E-state index in [-0.39, 0.29) is 6.04 Å². The van der Waals surface area contributed by atoms with Gasteiger partial charge in [0.1, 0.15) is 24.7 Å². The number of fused-ring (bicyclic) bond motifs is 1. The van der Waals surface area contributed by atoms with Gasteiger partial charge in [-0.2, -0.15) is 0 Å². The number of furan rings is 1. The summed E-state index contributed by atoms with van der Waals surface area (Å²) < 4.78 is 22.7. The second kappa shape index (κ2) is 8.52. The molecule has 2 aromatic rings. The van der Waals surface area contributed by atoms with E-state index in [9.17, 15) is 0 Å². The molecule has 146 valence electrons. The zero-order chi connectivity index (χ0) is 18.6. The van der Waals surface area contributed by atoms with Crippen LogP contribution in [0.2, 0.25) is 5.02 Å². The van der Waals surface area contributed by atoms with Crippen LogP contribution >= 0.6 is 11.6 Å². The van der Waals surface area contributed by atoms with Crippen molar-refractivity contribution in [2.75, 3.05) is 46.1 Å². The van der Waals surface area contributed by atoms with Crippen LogP contribution in [-0.2, 0) is 11.3 Å². The molecule has 1 aromatic carbocycles. The number of halogens is 1. The highest BCUT2D eigenvalue weighted by Gasteiger charge is 2.25. The van der Waals surface area contributed by atoms with E-state index in [1.165, 1.54) is 0 Å². The van der Waals surface area contributed by atoms with Crippen LogP contribution in [0.25, 0.3) is 0 Å². The predicted octanol–water partition coefficient (Wildman–Crippen LogP) is 3.18. The lowest BCUT2D eigenvalue weighted by Crippen LogP contribution is -2.42. The molecule has 0 amide bonds. The summed E-state index contributed by atoms with van der Waals surface area (Å²) >= 11 is 6.34. The summed E-state index contributed by atoms with van der Waals surface area (Å²) in [6, 6.07) is 8.19. The summed E-state index contributed by atoms with van der Waals surface area (Å²) in [6.07, 6.45) is 0. The largest absolute Gasteiger partial charge is 0.486 e. The van der Waals surface area contributed by atoms with Gasteiger partial charge in [-0.1, -0.05) is 11.6 Å². The average Bonchev–Trinajstić information content (AvgIpc) is 3.12. The molecule has 1 N–H and O–H groups in total. The van der Waals surface area contributed by atoms with Gasteiger partial charge in [0.15, 0.2) is 11.5 Å². The first-order valence-electron chi connectivity index (χ1n) is 9.37. The Morgan fingerprint density at radius 1 is 1.11 bits per heavy atom. The fraction of sp³-hybridized carbons (Fsp3) is 0.500. The molecular formula is C20H25ClN2O4. The van der Waals surface area contributed by atoms with Gasteiger partial charge in [0.2, 0.25) is 0 Å². The van der Waals surface area contributed by atoms with Crippen LogP contribution < -0.4 is 14.8 Å². The minimum atomic E-state index is 0.176. The highest BCUT2D eigenvalue weighted by molar-refractivity contribution is 6.32. The Balaban J connectivity index is 1.42. The van der Waals surface area contributed by atoms with Gasteiger partial charge in [0.05, 0.1) is 24.3 Å². The second-order valence-electron chi connectivity index (χ2n) is 6.85. The molecule has 6 nitrogen and oxygen atoms in total. The van der Waals surface area contributed by atoms with Crippen molar-refractivity contribution in [3.8, 4) is 11.5 Å². The molecule has 2 aliphatic heterocycles. The number of aryl methyl sites for hydroxylation is 1. The van der Waals surface area contributed by atoms with Gasteiger partial charge in [0.25, 0.3) is 0 Å². The van der Waals surface area contributed by atoms with E-state index < -0.39 is 0 Å². The third-order valence-corrected chi connectivity index (χ3v) is 5.18. The molecule has 27 heavy (non-hydrogen) atoms. The Morgan fingerprint density at radius 3 is 2.70 bits per heavy atom. The number of hydrogen-bond acceptors (Lipinski definition) is 6. The Bertz CT molecular complexity index is 773. The van der Waals surface area contributed by atoms with Crippen molar-refractivity contribution in [3.63, 3.8) is 0 Å². The monoisotopic (exact) mass is 392 g/mol. The molecule has 0 aliphatic carbocycles. The van der Waals surface area contributed by atoms with Crippen molar-refractivity contribution < 1.29 is 18.6 Å². The topological polar surface area (TPSA) is 56.1 Å². The van der Waals surface area contributed by atoms with E-state index in [1.807, 2.05) is 25.1 Å². The molecule has 7 heteroatoms. The van der Waals surface area contributed by atoms with Crippen LogP contribution in [0.5, 0.6) is 11.5 Å². The van der Waals surface area contributed by atoms with Gasteiger partial charge in [-0.25, -0.2) is 0 Å². The quantitative estimate of drug-likeness (QED) is 0.814. The molecule has 0 saturated carbocycles. The molecule has 1 saturated heterocycles. The molecular weight excluding hydrogens is 368 g/mol. The minimum absolute atomic E-state index is 0.176. The lowest BCUT2D eigenvalue weighted by molar-refractivity contribution is 0.0115. The predicted molar refractivity (Wildman–Crippen MR) is 103 cm³/mol. The molecule has 0 radical (unpaired) electrons. The third-order valence-electron chi connectivity index (χ3n) is 4.90. The Kier molecular flexibility index (Phi) is 5.88. The number of morpholine rings is 1. The maximum absolute atomic E-state index is 6.34. The molecule has 4 rings (SSSR count). The average molecular weight is 393 g/mol. The second-order valence-corrected chi connectivity index (χ2v) is 7.25. The van der Waals surface area contributed by atoms with Crippen LogP contribution in [0.3, 0.4) is 0 Å². The van der Waals surface area contributed by atoms with Crippen molar-refractivity contribution in [2.45, 2.75) is 19.5 Å². The fourth-order valence-electron chi connectivity index (χ4n) is 3.55. The lowest BCUT2D eigenvalue weighted by atomic mass is 10.1. The molecule has 1 aromatic heterocycles. The Hall–Kier alpha value is -1.73. The van der Waals surface area contributed by atoms with Crippen LogP contribution in [-0.4, -0.2) is 51.0 Å². The summed E-state index contributed by atoms with van der Waals surface area (Å²) in [5.41, 5.74) is 1.07.